The highest BCUT2D eigenvalue weighted by Gasteiger charge is 2.41. The summed E-state index contributed by atoms with van der Waals surface area (Å²) in [6, 6.07) is 11.1. The maximum Gasteiger partial charge on any atom is 0.170 e. The van der Waals surface area contributed by atoms with E-state index in [4.69, 9.17) is 12.2 Å². The van der Waals surface area contributed by atoms with Crippen molar-refractivity contribution in [3.63, 3.8) is 0 Å². The van der Waals surface area contributed by atoms with Gasteiger partial charge in [0.25, 0.3) is 0 Å². The number of nitrogens with zero attached hydrogens (tertiary/aromatic N) is 3. The Kier molecular flexibility index (Phi) is 5.74. The fourth-order valence-corrected chi connectivity index (χ4v) is 4.89. The van der Waals surface area contributed by atoms with E-state index in [0.29, 0.717) is 12.5 Å². The van der Waals surface area contributed by atoms with Crippen LogP contribution in [0.5, 0.6) is 0 Å². The Hall–Kier alpha value is -1.92. The van der Waals surface area contributed by atoms with Crippen molar-refractivity contribution in [1.82, 2.24) is 19.8 Å². The van der Waals surface area contributed by atoms with E-state index < -0.39 is 0 Å². The molecule has 3 heterocycles. The van der Waals surface area contributed by atoms with Crippen LogP contribution in [0.2, 0.25) is 0 Å². The molecular weight excluding hydrogens is 356 g/mol. The lowest BCUT2D eigenvalue weighted by molar-refractivity contribution is 0.238. The fraction of sp³-hybridized carbons (Fsp3) is 0.524. The van der Waals surface area contributed by atoms with Gasteiger partial charge >= 0.3 is 0 Å². The van der Waals surface area contributed by atoms with E-state index in [0.717, 1.165) is 17.4 Å². The predicted molar refractivity (Wildman–Crippen MR) is 110 cm³/mol. The van der Waals surface area contributed by atoms with Gasteiger partial charge in [0.2, 0.25) is 0 Å². The van der Waals surface area contributed by atoms with E-state index >= 15 is 0 Å². The first-order valence-corrected chi connectivity index (χ1v) is 10.5. The number of aliphatic hydroxyl groups is 1. The quantitative estimate of drug-likeness (QED) is 0.743. The summed E-state index contributed by atoms with van der Waals surface area (Å²) in [5.41, 5.74) is 2.30. The first-order chi connectivity index (χ1) is 13.3. The molecule has 0 spiro atoms. The monoisotopic (exact) mass is 384 g/mol. The first-order valence-electron chi connectivity index (χ1n) is 10.1. The maximum absolute atomic E-state index is 9.36. The molecule has 0 aromatic carbocycles. The van der Waals surface area contributed by atoms with Crippen molar-refractivity contribution in [1.29, 1.82) is 0 Å². The van der Waals surface area contributed by atoms with E-state index in [1.165, 1.54) is 37.8 Å². The molecule has 27 heavy (non-hydrogen) atoms. The Morgan fingerprint density at radius 3 is 2.74 bits per heavy atom. The van der Waals surface area contributed by atoms with Crippen molar-refractivity contribution >= 4 is 17.3 Å². The molecule has 1 saturated carbocycles. The number of pyridine rings is 1. The van der Waals surface area contributed by atoms with Gasteiger partial charge in [-0.05, 0) is 55.7 Å². The molecule has 0 unspecified atom stereocenters. The lowest BCUT2D eigenvalue weighted by atomic mass is 9.94. The van der Waals surface area contributed by atoms with Crippen LogP contribution in [0, 0.1) is 0 Å². The zero-order chi connectivity index (χ0) is 18.6. The molecule has 4 rings (SSSR count). The van der Waals surface area contributed by atoms with Gasteiger partial charge in [-0.3, -0.25) is 4.98 Å². The van der Waals surface area contributed by atoms with Crippen molar-refractivity contribution in [3.05, 3.63) is 54.1 Å². The lowest BCUT2D eigenvalue weighted by Gasteiger charge is -2.32. The summed E-state index contributed by atoms with van der Waals surface area (Å²) in [4.78, 5) is 6.84. The molecule has 0 bridgehead atoms. The van der Waals surface area contributed by atoms with Crippen LogP contribution in [0.3, 0.4) is 0 Å². The molecule has 1 aliphatic carbocycles. The van der Waals surface area contributed by atoms with Crippen molar-refractivity contribution in [2.45, 2.75) is 56.7 Å². The highest BCUT2D eigenvalue weighted by molar-refractivity contribution is 7.80. The van der Waals surface area contributed by atoms with Crippen LogP contribution in [0.25, 0.3) is 0 Å². The summed E-state index contributed by atoms with van der Waals surface area (Å²) < 4.78 is 2.47. The first kappa shape index (κ1) is 18.4. The zero-order valence-electron chi connectivity index (χ0n) is 15.6. The van der Waals surface area contributed by atoms with Gasteiger partial charge in [0, 0.05) is 37.3 Å². The van der Waals surface area contributed by atoms with Crippen LogP contribution in [-0.4, -0.2) is 37.8 Å². The molecule has 6 heteroatoms. The van der Waals surface area contributed by atoms with Gasteiger partial charge in [0.05, 0.1) is 17.8 Å². The molecule has 144 valence electrons. The summed E-state index contributed by atoms with van der Waals surface area (Å²) in [7, 11) is 0. The van der Waals surface area contributed by atoms with Gasteiger partial charge in [0.15, 0.2) is 5.11 Å². The molecular formula is C21H28N4OS. The smallest absolute Gasteiger partial charge is 0.170 e. The molecule has 2 aliphatic rings. The van der Waals surface area contributed by atoms with Crippen molar-refractivity contribution in [2.24, 2.45) is 0 Å². The minimum absolute atomic E-state index is 0.0228. The summed E-state index contributed by atoms with van der Waals surface area (Å²) in [6.07, 6.45) is 11.2. The largest absolute Gasteiger partial charge is 0.396 e. The normalized spacial score (nSPS) is 23.6. The van der Waals surface area contributed by atoms with Crippen molar-refractivity contribution < 1.29 is 5.11 Å². The Bertz CT molecular complexity index is 757. The number of hydrogen-bond acceptors (Lipinski definition) is 3. The van der Waals surface area contributed by atoms with Crippen molar-refractivity contribution in [2.75, 3.05) is 13.2 Å². The average Bonchev–Trinajstić information content (AvgIpc) is 3.32. The predicted octanol–water partition coefficient (Wildman–Crippen LogP) is 3.74. The zero-order valence-corrected chi connectivity index (χ0v) is 16.4. The van der Waals surface area contributed by atoms with Gasteiger partial charge in [-0.15, -0.1) is 0 Å². The molecule has 0 amide bonds. The molecule has 2 aromatic heterocycles. The van der Waals surface area contributed by atoms with Gasteiger partial charge in [-0.1, -0.05) is 25.3 Å². The molecule has 0 radical (unpaired) electrons. The van der Waals surface area contributed by atoms with Crippen LogP contribution in [-0.2, 0) is 0 Å². The standard InChI is InChI=1S/C21H28N4OS/c26-15-7-14-25-20(19(23-21(25)27)17-10-4-5-12-22-17)18-11-6-13-24(18)16-8-2-1-3-9-16/h4-6,10-13,16,19-20,26H,1-3,7-9,14-15H2,(H,23,27)/t19-,20-/m0/s1. The number of aliphatic hydroxyl groups excluding tert-OH is 1. The third-order valence-corrected chi connectivity index (χ3v) is 6.19. The Morgan fingerprint density at radius 1 is 1.15 bits per heavy atom. The van der Waals surface area contributed by atoms with Crippen LogP contribution in [0.4, 0.5) is 0 Å². The topological polar surface area (TPSA) is 53.3 Å². The van der Waals surface area contributed by atoms with E-state index in [9.17, 15) is 5.11 Å². The minimum Gasteiger partial charge on any atom is -0.396 e. The molecule has 1 aliphatic heterocycles. The molecule has 1 saturated heterocycles. The summed E-state index contributed by atoms with van der Waals surface area (Å²) >= 11 is 5.68. The van der Waals surface area contributed by atoms with Crippen LogP contribution in [0.15, 0.2) is 42.7 Å². The van der Waals surface area contributed by atoms with E-state index in [2.05, 4.69) is 44.2 Å². The molecule has 2 atom stereocenters. The maximum atomic E-state index is 9.36. The Morgan fingerprint density at radius 2 is 2.00 bits per heavy atom. The van der Waals surface area contributed by atoms with Crippen LogP contribution in [0.1, 0.15) is 68.0 Å². The van der Waals surface area contributed by atoms with Gasteiger partial charge < -0.3 is 19.9 Å². The van der Waals surface area contributed by atoms with Gasteiger partial charge in [0.1, 0.15) is 0 Å². The molecule has 2 fully saturated rings. The lowest BCUT2D eigenvalue weighted by Crippen LogP contribution is -2.32. The minimum atomic E-state index is 0.0228. The second-order valence-corrected chi connectivity index (χ2v) is 7.92. The molecule has 5 nitrogen and oxygen atoms in total. The van der Waals surface area contributed by atoms with E-state index in [1.54, 1.807) is 0 Å². The average molecular weight is 385 g/mol. The number of hydrogen-bond donors (Lipinski definition) is 2. The third kappa shape index (κ3) is 3.73. The van der Waals surface area contributed by atoms with E-state index in [1.807, 2.05) is 18.3 Å². The number of aromatic nitrogens is 2. The summed E-state index contributed by atoms with van der Waals surface area (Å²) in [5.74, 6) is 0. The number of thiocarbonyl (C=S) groups is 1. The number of nitrogens with one attached hydrogen (secondary N) is 1. The molecule has 2 aromatic rings. The van der Waals surface area contributed by atoms with Crippen LogP contribution >= 0.6 is 12.2 Å². The summed E-state index contributed by atoms with van der Waals surface area (Å²) in [6.45, 7) is 0.913. The SMILES string of the molecule is OCCCN1C(=S)N[C@@H](c2ccccn2)[C@@H]1c1cccn1C1CCCCC1. The highest BCUT2D eigenvalue weighted by Crippen LogP contribution is 2.41. The van der Waals surface area contributed by atoms with E-state index in [-0.39, 0.29) is 18.7 Å². The fourth-order valence-electron chi connectivity index (χ4n) is 4.56. The Balaban J connectivity index is 1.71. The Labute approximate surface area is 166 Å². The number of rotatable bonds is 6. The highest BCUT2D eigenvalue weighted by atomic mass is 32.1. The van der Waals surface area contributed by atoms with Gasteiger partial charge in [-0.25, -0.2) is 0 Å². The third-order valence-electron chi connectivity index (χ3n) is 5.84. The van der Waals surface area contributed by atoms with Crippen molar-refractivity contribution in [3.8, 4) is 0 Å². The molecule has 2 N–H and O–H groups in total. The van der Waals surface area contributed by atoms with Crippen LogP contribution < -0.4 is 5.32 Å². The summed E-state index contributed by atoms with van der Waals surface area (Å²) in [5, 5.41) is 13.6. The van der Waals surface area contributed by atoms with Gasteiger partial charge in [-0.2, -0.15) is 0 Å². The second-order valence-electron chi connectivity index (χ2n) is 7.53. The second kappa shape index (κ2) is 8.40.